The molecular weight excluding hydrogens is 288 g/mol. The molecule has 3 rings (SSSR count). The average Bonchev–Trinajstić information content (AvgIpc) is 2.85. The number of primary amides is 1. The molecule has 2 atom stereocenters. The summed E-state index contributed by atoms with van der Waals surface area (Å²) in [7, 11) is 1.59. The van der Waals surface area contributed by atoms with E-state index in [1.165, 1.54) is 4.90 Å². The van der Waals surface area contributed by atoms with Gasteiger partial charge in [0.2, 0.25) is 5.91 Å². The number of imide groups is 1. The highest BCUT2D eigenvalue weighted by Crippen LogP contribution is 2.26. The molecule has 120 valence electrons. The molecule has 3 heterocycles. The third-order valence-corrected chi connectivity index (χ3v) is 4.30. The normalized spacial score (nSPS) is 28.4. The highest BCUT2D eigenvalue weighted by molar-refractivity contribution is 6.04. The van der Waals surface area contributed by atoms with E-state index in [0.717, 1.165) is 32.4 Å². The van der Waals surface area contributed by atoms with E-state index in [0.29, 0.717) is 5.96 Å². The van der Waals surface area contributed by atoms with Gasteiger partial charge in [0, 0.05) is 20.1 Å². The van der Waals surface area contributed by atoms with E-state index >= 15 is 0 Å². The summed E-state index contributed by atoms with van der Waals surface area (Å²) in [5, 5.41) is 2.29. The number of carbonyl (C=O) groups is 3. The second-order valence-corrected chi connectivity index (χ2v) is 5.83. The highest BCUT2D eigenvalue weighted by Gasteiger charge is 2.50. The van der Waals surface area contributed by atoms with E-state index in [1.54, 1.807) is 11.9 Å². The Hall–Kier alpha value is -2.32. The smallest absolute Gasteiger partial charge is 0.325 e. The van der Waals surface area contributed by atoms with E-state index in [9.17, 15) is 14.4 Å². The molecule has 2 fully saturated rings. The lowest BCUT2D eigenvalue weighted by molar-refractivity contribution is -0.128. The van der Waals surface area contributed by atoms with Crippen molar-refractivity contribution in [3.8, 4) is 0 Å². The molecule has 3 aliphatic heterocycles. The number of carbonyl (C=O) groups excluding carboxylic acids is 3. The van der Waals surface area contributed by atoms with Gasteiger partial charge >= 0.3 is 6.03 Å². The summed E-state index contributed by atoms with van der Waals surface area (Å²) in [6, 6.07) is -1.18. The lowest BCUT2D eigenvalue weighted by atomic mass is 10.1. The number of urea groups is 1. The minimum Gasteiger partial charge on any atom is -0.368 e. The van der Waals surface area contributed by atoms with Gasteiger partial charge < -0.3 is 20.4 Å². The first-order valence-electron chi connectivity index (χ1n) is 7.44. The molecule has 0 saturated carbocycles. The average molecular weight is 308 g/mol. The molecule has 3 aliphatic rings. The number of nitrogens with one attached hydrogen (secondary N) is 1. The topological polar surface area (TPSA) is 111 Å². The highest BCUT2D eigenvalue weighted by atomic mass is 16.2. The number of nitrogens with zero attached hydrogens (tertiary/aromatic N) is 4. The molecule has 3 N–H and O–H groups in total. The van der Waals surface area contributed by atoms with Crippen molar-refractivity contribution in [3.05, 3.63) is 0 Å². The van der Waals surface area contributed by atoms with Crippen molar-refractivity contribution >= 4 is 23.8 Å². The van der Waals surface area contributed by atoms with Gasteiger partial charge in [0.15, 0.2) is 18.2 Å². The molecule has 0 aromatic carbocycles. The Labute approximate surface area is 128 Å². The number of amides is 4. The Morgan fingerprint density at radius 2 is 2.00 bits per heavy atom. The van der Waals surface area contributed by atoms with E-state index in [-0.39, 0.29) is 6.54 Å². The molecular formula is C13H20N6O3. The molecule has 0 aliphatic carbocycles. The van der Waals surface area contributed by atoms with Crippen LogP contribution in [0.25, 0.3) is 0 Å². The molecule has 2 unspecified atom stereocenters. The Bertz CT molecular complexity index is 542. The Kier molecular flexibility index (Phi) is 3.63. The molecule has 9 heteroatoms. The van der Waals surface area contributed by atoms with Crippen LogP contribution in [0.5, 0.6) is 0 Å². The van der Waals surface area contributed by atoms with Crippen molar-refractivity contribution in [3.63, 3.8) is 0 Å². The second kappa shape index (κ2) is 5.47. The molecule has 4 amide bonds. The Morgan fingerprint density at radius 3 is 2.64 bits per heavy atom. The molecule has 0 spiro atoms. The van der Waals surface area contributed by atoms with Crippen molar-refractivity contribution in [1.29, 1.82) is 0 Å². The number of guanidine groups is 1. The van der Waals surface area contributed by atoms with Crippen LogP contribution in [-0.4, -0.2) is 77.4 Å². The van der Waals surface area contributed by atoms with Crippen LogP contribution in [0.1, 0.15) is 19.3 Å². The van der Waals surface area contributed by atoms with Crippen LogP contribution in [-0.2, 0) is 9.59 Å². The molecule has 0 aromatic heterocycles. The maximum Gasteiger partial charge on any atom is 0.325 e. The minimum atomic E-state index is -0.702. The van der Waals surface area contributed by atoms with Crippen molar-refractivity contribution < 1.29 is 14.4 Å². The number of rotatable bonds is 2. The zero-order valence-electron chi connectivity index (χ0n) is 12.5. The van der Waals surface area contributed by atoms with Gasteiger partial charge in [-0.05, 0) is 19.3 Å². The van der Waals surface area contributed by atoms with Gasteiger partial charge in [0.05, 0.1) is 0 Å². The van der Waals surface area contributed by atoms with Crippen molar-refractivity contribution in [2.45, 2.75) is 31.5 Å². The van der Waals surface area contributed by atoms with Crippen LogP contribution in [0.15, 0.2) is 4.99 Å². The van der Waals surface area contributed by atoms with Crippen molar-refractivity contribution in [2.75, 3.05) is 26.7 Å². The van der Waals surface area contributed by atoms with Gasteiger partial charge in [-0.3, -0.25) is 14.9 Å². The Balaban J connectivity index is 1.92. The third-order valence-electron chi connectivity index (χ3n) is 4.30. The van der Waals surface area contributed by atoms with Crippen LogP contribution in [0.4, 0.5) is 4.79 Å². The number of nitrogens with two attached hydrogens (primary N) is 1. The number of likely N-dealkylation sites (N-methyl/N-ethyl adjacent to an activating group) is 1. The Morgan fingerprint density at radius 1 is 1.32 bits per heavy atom. The SMILES string of the molecule is CN1C(=O)NC(=O)C2C1N=C(N1CCCCC1)N2CC(N)=O. The van der Waals surface area contributed by atoms with E-state index in [1.807, 2.05) is 0 Å². The summed E-state index contributed by atoms with van der Waals surface area (Å²) < 4.78 is 0. The molecule has 0 radical (unpaired) electrons. The van der Waals surface area contributed by atoms with Crippen molar-refractivity contribution in [1.82, 2.24) is 20.0 Å². The minimum absolute atomic E-state index is 0.0913. The second-order valence-electron chi connectivity index (χ2n) is 5.83. The molecule has 9 nitrogen and oxygen atoms in total. The standard InChI is InChI=1S/C13H20N6O3/c1-17-10-9(11(21)16-13(17)22)19(7-8(14)20)12(15-10)18-5-3-2-4-6-18/h9-10H,2-7H2,1H3,(H2,14,20)(H,16,21,22). The molecule has 22 heavy (non-hydrogen) atoms. The fourth-order valence-corrected chi connectivity index (χ4v) is 3.21. The maximum atomic E-state index is 12.2. The van der Waals surface area contributed by atoms with Gasteiger partial charge in [0.25, 0.3) is 5.91 Å². The van der Waals surface area contributed by atoms with Crippen LogP contribution >= 0.6 is 0 Å². The number of fused-ring (bicyclic) bond motifs is 1. The maximum absolute atomic E-state index is 12.2. The van der Waals surface area contributed by atoms with E-state index in [4.69, 9.17) is 5.73 Å². The van der Waals surface area contributed by atoms with Crippen LogP contribution in [0.2, 0.25) is 0 Å². The third kappa shape index (κ3) is 2.36. The summed E-state index contributed by atoms with van der Waals surface area (Å²) in [6.07, 6.45) is 2.63. The van der Waals surface area contributed by atoms with Gasteiger partial charge in [-0.15, -0.1) is 0 Å². The fraction of sp³-hybridized carbons (Fsp3) is 0.692. The number of hydrogen-bond donors (Lipinski definition) is 2. The quantitative estimate of drug-likeness (QED) is 0.645. The summed E-state index contributed by atoms with van der Waals surface area (Å²) in [5.41, 5.74) is 5.33. The number of aliphatic imine (C=N–C) groups is 1. The van der Waals surface area contributed by atoms with E-state index in [2.05, 4.69) is 15.2 Å². The van der Waals surface area contributed by atoms with Gasteiger partial charge in [-0.2, -0.15) is 0 Å². The first-order chi connectivity index (χ1) is 10.5. The lowest BCUT2D eigenvalue weighted by Gasteiger charge is -2.37. The van der Waals surface area contributed by atoms with Crippen LogP contribution in [0, 0.1) is 0 Å². The van der Waals surface area contributed by atoms with Crippen LogP contribution < -0.4 is 11.1 Å². The lowest BCUT2D eigenvalue weighted by Crippen LogP contribution is -2.65. The fourth-order valence-electron chi connectivity index (χ4n) is 3.21. The number of hydrogen-bond acceptors (Lipinski definition) is 6. The summed E-state index contributed by atoms with van der Waals surface area (Å²) in [5.74, 6) is -0.381. The zero-order chi connectivity index (χ0) is 15.9. The van der Waals surface area contributed by atoms with E-state index < -0.39 is 30.1 Å². The van der Waals surface area contributed by atoms with Crippen molar-refractivity contribution in [2.24, 2.45) is 10.7 Å². The monoisotopic (exact) mass is 308 g/mol. The number of likely N-dealkylation sites (tertiary alicyclic amines) is 1. The van der Waals surface area contributed by atoms with Crippen LogP contribution in [0.3, 0.4) is 0 Å². The van der Waals surface area contributed by atoms with Gasteiger partial charge in [-0.1, -0.05) is 0 Å². The first kappa shape index (κ1) is 14.6. The zero-order valence-corrected chi connectivity index (χ0v) is 12.5. The molecule has 0 bridgehead atoms. The van der Waals surface area contributed by atoms with Gasteiger partial charge in [-0.25, -0.2) is 9.79 Å². The predicted molar refractivity (Wildman–Crippen MR) is 77.6 cm³/mol. The predicted octanol–water partition coefficient (Wildman–Crippen LogP) is -1.49. The molecule has 0 aromatic rings. The first-order valence-corrected chi connectivity index (χ1v) is 7.44. The summed E-state index contributed by atoms with van der Waals surface area (Å²) >= 11 is 0. The van der Waals surface area contributed by atoms with Gasteiger partial charge in [0.1, 0.15) is 6.54 Å². The largest absolute Gasteiger partial charge is 0.368 e. The summed E-state index contributed by atoms with van der Waals surface area (Å²) in [6.45, 7) is 1.56. The molecule has 2 saturated heterocycles. The summed E-state index contributed by atoms with van der Waals surface area (Å²) in [4.78, 5) is 45.0. The number of piperidine rings is 1.